The van der Waals surface area contributed by atoms with Gasteiger partial charge in [0.2, 0.25) is 0 Å². The van der Waals surface area contributed by atoms with Gasteiger partial charge >= 0.3 is 6.43 Å². The Labute approximate surface area is 203 Å². The number of nitrogens with zero attached hydrogens (tertiary/aromatic N) is 3. The number of rotatable bonds is 6. The van der Waals surface area contributed by atoms with Crippen LogP contribution in [-0.2, 0) is 20.8 Å². The van der Waals surface area contributed by atoms with Crippen LogP contribution in [0.5, 0.6) is 0 Å². The molecule has 0 N–H and O–H groups in total. The van der Waals surface area contributed by atoms with Crippen LogP contribution >= 0.6 is 0 Å². The van der Waals surface area contributed by atoms with E-state index in [0.29, 0.717) is 5.56 Å². The summed E-state index contributed by atoms with van der Waals surface area (Å²) in [5.74, 6) is -1.42. The van der Waals surface area contributed by atoms with E-state index in [2.05, 4.69) is 9.88 Å². The second kappa shape index (κ2) is 9.19. The van der Waals surface area contributed by atoms with Gasteiger partial charge in [-0.1, -0.05) is 30.3 Å². The second-order valence-corrected chi connectivity index (χ2v) is 10.1. The Kier molecular flexibility index (Phi) is 6.35. The largest absolute Gasteiger partial charge is 0.377 e. The number of halogens is 3. The van der Waals surface area contributed by atoms with Crippen molar-refractivity contribution < 1.29 is 27.4 Å². The Bertz CT molecular complexity index is 1060. The average Bonchev–Trinajstić information content (AvgIpc) is 3.37. The van der Waals surface area contributed by atoms with Gasteiger partial charge in [0.05, 0.1) is 30.5 Å². The summed E-state index contributed by atoms with van der Waals surface area (Å²) in [5, 5.41) is 0. The maximum atomic E-state index is 13.9. The summed E-state index contributed by atoms with van der Waals surface area (Å²) < 4.78 is 51.5. The number of hydrogen-bond acceptors (Lipinski definition) is 5. The Hall–Kier alpha value is -2.49. The zero-order valence-corrected chi connectivity index (χ0v) is 19.9. The molecular formula is C26H30F3N3O3. The number of carbonyl (C=O) groups excluding carboxylic acids is 1. The van der Waals surface area contributed by atoms with Crippen LogP contribution < -0.4 is 0 Å². The maximum Gasteiger partial charge on any atom is 0.315 e. The fraction of sp³-hybridized carbons (Fsp3) is 0.538. The first-order chi connectivity index (χ1) is 16.7. The third-order valence-electron chi connectivity index (χ3n) is 7.49. The summed E-state index contributed by atoms with van der Waals surface area (Å²) >= 11 is 0. The predicted molar refractivity (Wildman–Crippen MR) is 123 cm³/mol. The number of carbonyl (C=O) groups is 1. The molecular weight excluding hydrogens is 459 g/mol. The predicted octanol–water partition coefficient (Wildman–Crippen LogP) is 4.35. The quantitative estimate of drug-likeness (QED) is 0.604. The number of amides is 1. The molecule has 188 valence electrons. The number of likely N-dealkylation sites (tertiary alicyclic amines) is 1. The molecule has 4 heterocycles. The molecule has 2 atom stereocenters. The fourth-order valence-electron chi connectivity index (χ4n) is 5.61. The smallest absolute Gasteiger partial charge is 0.315 e. The molecule has 35 heavy (non-hydrogen) atoms. The SMILES string of the molecule is CC1(C)OC(c2ccc(-c3ccc(CN4CCCC45COC5)nc3)cc2)C(CF)N1C(=O)C(F)F. The molecule has 1 amide bonds. The van der Waals surface area contributed by atoms with Crippen molar-refractivity contribution in [2.24, 2.45) is 0 Å². The van der Waals surface area contributed by atoms with Crippen molar-refractivity contribution in [2.45, 2.75) is 63.1 Å². The topological polar surface area (TPSA) is 54.9 Å². The molecule has 1 spiro atoms. The van der Waals surface area contributed by atoms with Crippen molar-refractivity contribution in [1.29, 1.82) is 0 Å². The summed E-state index contributed by atoms with van der Waals surface area (Å²) in [7, 11) is 0. The first-order valence-electron chi connectivity index (χ1n) is 12.0. The number of benzene rings is 1. The lowest BCUT2D eigenvalue weighted by atomic mass is 9.94. The summed E-state index contributed by atoms with van der Waals surface area (Å²) in [5.41, 5.74) is 2.35. The van der Waals surface area contributed by atoms with E-state index in [4.69, 9.17) is 9.47 Å². The molecule has 1 aromatic carbocycles. The molecule has 6 nitrogen and oxygen atoms in total. The summed E-state index contributed by atoms with van der Waals surface area (Å²) in [4.78, 5) is 20.0. The van der Waals surface area contributed by atoms with Crippen LogP contribution in [0, 0.1) is 0 Å². The molecule has 2 aromatic rings. The number of ether oxygens (including phenoxy) is 2. The van der Waals surface area contributed by atoms with Crippen LogP contribution in [-0.4, -0.2) is 70.9 Å². The minimum atomic E-state index is -3.22. The fourth-order valence-corrected chi connectivity index (χ4v) is 5.61. The van der Waals surface area contributed by atoms with Crippen LogP contribution in [0.3, 0.4) is 0 Å². The van der Waals surface area contributed by atoms with E-state index >= 15 is 0 Å². The molecule has 0 bridgehead atoms. The van der Waals surface area contributed by atoms with E-state index in [9.17, 15) is 18.0 Å². The van der Waals surface area contributed by atoms with Gasteiger partial charge in [0.15, 0.2) is 0 Å². The third-order valence-corrected chi connectivity index (χ3v) is 7.49. The molecule has 0 saturated carbocycles. The van der Waals surface area contributed by atoms with Gasteiger partial charge in [0, 0.05) is 18.3 Å². The van der Waals surface area contributed by atoms with Crippen LogP contribution in [0.1, 0.15) is 44.1 Å². The van der Waals surface area contributed by atoms with E-state index in [1.165, 1.54) is 26.7 Å². The first kappa shape index (κ1) is 24.2. The number of aromatic nitrogens is 1. The van der Waals surface area contributed by atoms with Gasteiger partial charge in [-0.15, -0.1) is 0 Å². The lowest BCUT2D eigenvalue weighted by Gasteiger charge is -2.45. The van der Waals surface area contributed by atoms with Crippen molar-refractivity contribution in [3.8, 4) is 11.1 Å². The Balaban J connectivity index is 1.29. The van der Waals surface area contributed by atoms with Gasteiger partial charge in [-0.3, -0.25) is 14.7 Å². The Morgan fingerprint density at radius 2 is 1.86 bits per heavy atom. The number of hydrogen-bond donors (Lipinski definition) is 0. The van der Waals surface area contributed by atoms with E-state index in [1.54, 1.807) is 12.1 Å². The zero-order chi connectivity index (χ0) is 24.8. The van der Waals surface area contributed by atoms with Gasteiger partial charge in [-0.25, -0.2) is 4.39 Å². The summed E-state index contributed by atoms with van der Waals surface area (Å²) in [6.07, 6.45) is 0.147. The number of alkyl halides is 3. The minimum absolute atomic E-state index is 0.194. The second-order valence-electron chi connectivity index (χ2n) is 10.1. The van der Waals surface area contributed by atoms with E-state index in [1.807, 2.05) is 30.5 Å². The lowest BCUT2D eigenvalue weighted by molar-refractivity contribution is -0.159. The van der Waals surface area contributed by atoms with Gasteiger partial charge in [0.1, 0.15) is 18.5 Å². The lowest BCUT2D eigenvalue weighted by Crippen LogP contribution is -2.58. The van der Waals surface area contributed by atoms with Gasteiger partial charge in [-0.2, -0.15) is 8.78 Å². The zero-order valence-electron chi connectivity index (χ0n) is 19.9. The molecule has 5 rings (SSSR count). The van der Waals surface area contributed by atoms with E-state index < -0.39 is 36.9 Å². The maximum absolute atomic E-state index is 13.9. The molecule has 1 aromatic heterocycles. The highest BCUT2D eigenvalue weighted by Gasteiger charge is 2.52. The van der Waals surface area contributed by atoms with Gasteiger partial charge in [0.25, 0.3) is 5.91 Å². The summed E-state index contributed by atoms with van der Waals surface area (Å²) in [6, 6.07) is 10.3. The minimum Gasteiger partial charge on any atom is -0.377 e. The molecule has 3 fully saturated rings. The van der Waals surface area contributed by atoms with Crippen molar-refractivity contribution in [3.05, 3.63) is 53.9 Å². The highest BCUT2D eigenvalue weighted by Crippen LogP contribution is 2.42. The normalized spacial score (nSPS) is 25.4. The van der Waals surface area contributed by atoms with Crippen LogP contribution in [0.15, 0.2) is 42.6 Å². The highest BCUT2D eigenvalue weighted by atomic mass is 19.3. The van der Waals surface area contributed by atoms with E-state index in [0.717, 1.165) is 48.0 Å². The molecule has 3 aliphatic heterocycles. The molecule has 9 heteroatoms. The van der Waals surface area contributed by atoms with Crippen molar-refractivity contribution in [2.75, 3.05) is 26.4 Å². The van der Waals surface area contributed by atoms with Crippen molar-refractivity contribution in [1.82, 2.24) is 14.8 Å². The van der Waals surface area contributed by atoms with Crippen LogP contribution in [0.2, 0.25) is 0 Å². The number of pyridine rings is 1. The highest BCUT2D eigenvalue weighted by molar-refractivity contribution is 5.80. The van der Waals surface area contributed by atoms with Crippen LogP contribution in [0.25, 0.3) is 11.1 Å². The third kappa shape index (κ3) is 4.34. The molecule has 2 unspecified atom stereocenters. The molecule has 0 aliphatic carbocycles. The van der Waals surface area contributed by atoms with Crippen molar-refractivity contribution in [3.63, 3.8) is 0 Å². The standard InChI is InChI=1S/C26H30F3N3O3/c1-25(2)32(24(33)23(28)29)21(12-27)22(35-25)18-6-4-17(5-7-18)19-8-9-20(30-13-19)14-31-11-3-10-26(31)15-34-16-26/h4-9,13,21-23H,3,10-12,14-16H2,1-2H3. The van der Waals surface area contributed by atoms with Gasteiger partial charge in [-0.05, 0) is 50.4 Å². The molecule has 3 saturated heterocycles. The Morgan fingerprint density at radius 3 is 2.43 bits per heavy atom. The van der Waals surface area contributed by atoms with Crippen LogP contribution in [0.4, 0.5) is 13.2 Å². The average molecular weight is 490 g/mol. The first-order valence-corrected chi connectivity index (χ1v) is 12.0. The summed E-state index contributed by atoms with van der Waals surface area (Å²) in [6.45, 7) is 5.49. The molecule has 0 radical (unpaired) electrons. The monoisotopic (exact) mass is 489 g/mol. The Morgan fingerprint density at radius 1 is 1.14 bits per heavy atom. The molecule has 3 aliphatic rings. The van der Waals surface area contributed by atoms with E-state index in [-0.39, 0.29) is 5.54 Å². The van der Waals surface area contributed by atoms with Gasteiger partial charge < -0.3 is 14.4 Å². The van der Waals surface area contributed by atoms with Crippen molar-refractivity contribution >= 4 is 5.91 Å².